The Balaban J connectivity index is 1.28. The molecule has 1 atom stereocenters. The zero-order valence-corrected chi connectivity index (χ0v) is 24.0. The van der Waals surface area contributed by atoms with Gasteiger partial charge in [-0.3, -0.25) is 19.3 Å². The summed E-state index contributed by atoms with van der Waals surface area (Å²) in [7, 11) is 0. The van der Waals surface area contributed by atoms with E-state index >= 15 is 0 Å². The van der Waals surface area contributed by atoms with Crippen LogP contribution in [-0.2, 0) is 14.4 Å². The molecule has 5 rings (SSSR count). The Morgan fingerprint density at radius 1 is 1.05 bits per heavy atom. The van der Waals surface area contributed by atoms with Crippen molar-refractivity contribution < 1.29 is 24.3 Å². The molecule has 2 aliphatic rings. The van der Waals surface area contributed by atoms with Gasteiger partial charge in [-0.25, -0.2) is 4.79 Å². The van der Waals surface area contributed by atoms with Crippen LogP contribution in [0.25, 0.3) is 11.8 Å². The van der Waals surface area contributed by atoms with Crippen molar-refractivity contribution in [3.8, 4) is 5.69 Å². The maximum absolute atomic E-state index is 13.3. The lowest BCUT2D eigenvalue weighted by atomic mass is 10.1. The predicted molar refractivity (Wildman–Crippen MR) is 158 cm³/mol. The number of anilines is 1. The number of carbonyl (C=O) groups is 4. The molecule has 0 bridgehead atoms. The number of aromatic nitrogens is 4. The van der Waals surface area contributed by atoms with Crippen LogP contribution in [0.2, 0.25) is 5.02 Å². The third-order valence-electron chi connectivity index (χ3n) is 7.35. The lowest BCUT2D eigenvalue weighted by Gasteiger charge is -2.35. The fourth-order valence-electron chi connectivity index (χ4n) is 4.81. The van der Waals surface area contributed by atoms with Gasteiger partial charge in [0, 0.05) is 55.1 Å². The predicted octanol–water partition coefficient (Wildman–Crippen LogP) is 2.09. The van der Waals surface area contributed by atoms with Crippen molar-refractivity contribution in [2.24, 2.45) is 5.92 Å². The van der Waals surface area contributed by atoms with E-state index in [4.69, 9.17) is 16.7 Å². The molecule has 0 unspecified atom stereocenters. The molecule has 2 aromatic carbocycles. The molecule has 13 nitrogen and oxygen atoms in total. The van der Waals surface area contributed by atoms with Crippen LogP contribution in [0.4, 0.5) is 5.69 Å². The second kappa shape index (κ2) is 13.6. The van der Waals surface area contributed by atoms with Gasteiger partial charge in [0.05, 0.1) is 17.7 Å². The van der Waals surface area contributed by atoms with Crippen molar-refractivity contribution in [3.63, 3.8) is 0 Å². The van der Waals surface area contributed by atoms with Crippen LogP contribution in [-0.4, -0.2) is 97.6 Å². The number of halogens is 1. The average Bonchev–Trinajstić information content (AvgIpc) is 3.64. The molecule has 0 radical (unpaired) electrons. The minimum Gasteiger partial charge on any atom is -0.478 e. The van der Waals surface area contributed by atoms with E-state index in [9.17, 15) is 19.2 Å². The van der Waals surface area contributed by atoms with Gasteiger partial charge in [-0.05, 0) is 77.7 Å². The van der Waals surface area contributed by atoms with Gasteiger partial charge < -0.3 is 20.6 Å². The molecule has 14 heteroatoms. The lowest BCUT2D eigenvalue weighted by Crippen LogP contribution is -2.52. The first-order chi connectivity index (χ1) is 20.7. The van der Waals surface area contributed by atoms with Gasteiger partial charge in [0.25, 0.3) is 0 Å². The first-order valence-electron chi connectivity index (χ1n) is 13.9. The molecule has 3 aromatic rings. The Morgan fingerprint density at radius 2 is 1.79 bits per heavy atom. The second-order valence-corrected chi connectivity index (χ2v) is 11.0. The van der Waals surface area contributed by atoms with Crippen LogP contribution >= 0.6 is 11.6 Å². The van der Waals surface area contributed by atoms with Crippen LogP contribution in [0.1, 0.15) is 35.2 Å². The topological polar surface area (TPSA) is 163 Å². The largest absolute Gasteiger partial charge is 0.478 e. The van der Waals surface area contributed by atoms with E-state index in [1.165, 1.54) is 60.3 Å². The molecule has 224 valence electrons. The Morgan fingerprint density at radius 3 is 2.44 bits per heavy atom. The first kappa shape index (κ1) is 29.9. The number of carboxylic acids is 1. The number of benzene rings is 2. The number of nitrogens with one attached hydrogen (secondary N) is 2. The number of nitrogens with zero attached hydrogens (tertiary/aromatic N) is 6. The number of piperazine rings is 1. The number of hydrogen-bond acceptors (Lipinski definition) is 8. The smallest absolute Gasteiger partial charge is 0.335 e. The maximum Gasteiger partial charge on any atom is 0.335 e. The zero-order valence-electron chi connectivity index (χ0n) is 23.2. The molecule has 2 heterocycles. The zero-order chi connectivity index (χ0) is 30.3. The Bertz CT molecular complexity index is 1500. The standard InChI is InChI=1S/C29H31ClN8O5/c30-22-6-9-25(38-18-31-34-35-38)21(15-22)5-10-26(39)33-24(28(41)32-23-7-3-20(4-8-23)29(42)43)16-27(40)37-13-11-36(12-14-37)17-19-1-2-19/h3-10,15,18-19,24H,1-2,11-14,16-17H2,(H,32,41)(H,33,39)(H,42,43)/b10-5+/t24-/m0/s1. The second-order valence-electron chi connectivity index (χ2n) is 10.6. The summed E-state index contributed by atoms with van der Waals surface area (Å²) in [5.74, 6) is -1.79. The molecule has 1 aliphatic heterocycles. The van der Waals surface area contributed by atoms with Gasteiger partial charge in [-0.2, -0.15) is 4.68 Å². The minimum atomic E-state index is -1.19. The number of rotatable bonds is 11. The highest BCUT2D eigenvalue weighted by molar-refractivity contribution is 6.30. The monoisotopic (exact) mass is 606 g/mol. The molecule has 1 saturated carbocycles. The highest BCUT2D eigenvalue weighted by Gasteiger charge is 2.30. The van der Waals surface area contributed by atoms with E-state index in [0.717, 1.165) is 25.6 Å². The molecule has 0 spiro atoms. The fourth-order valence-corrected chi connectivity index (χ4v) is 4.99. The number of carboxylic acid groups (broad SMARTS) is 1. The number of tetrazole rings is 1. The Kier molecular flexibility index (Phi) is 9.42. The van der Waals surface area contributed by atoms with Gasteiger partial charge in [0.2, 0.25) is 17.7 Å². The Hall–Kier alpha value is -4.62. The van der Waals surface area contributed by atoms with Crippen molar-refractivity contribution in [2.45, 2.75) is 25.3 Å². The molecule has 3 N–H and O–H groups in total. The number of aromatic carboxylic acids is 1. The van der Waals surface area contributed by atoms with E-state index in [-0.39, 0.29) is 17.9 Å². The lowest BCUT2D eigenvalue weighted by molar-refractivity contribution is -0.136. The van der Waals surface area contributed by atoms with Crippen LogP contribution in [0.5, 0.6) is 0 Å². The van der Waals surface area contributed by atoms with Crippen LogP contribution in [0, 0.1) is 5.92 Å². The highest BCUT2D eigenvalue weighted by atomic mass is 35.5. The van der Waals surface area contributed by atoms with Crippen LogP contribution < -0.4 is 10.6 Å². The Labute approximate surface area is 252 Å². The summed E-state index contributed by atoms with van der Waals surface area (Å²) in [6.45, 7) is 3.71. The minimum absolute atomic E-state index is 0.0612. The van der Waals surface area contributed by atoms with Gasteiger partial charge >= 0.3 is 5.97 Å². The van der Waals surface area contributed by atoms with Crippen LogP contribution in [0.15, 0.2) is 54.9 Å². The van der Waals surface area contributed by atoms with Gasteiger partial charge in [-0.15, -0.1) is 5.10 Å². The summed E-state index contributed by atoms with van der Waals surface area (Å²) in [5.41, 5.74) is 1.52. The van der Waals surface area contributed by atoms with Gasteiger partial charge in [-0.1, -0.05) is 11.6 Å². The van der Waals surface area contributed by atoms with E-state index in [1.807, 2.05) is 0 Å². The summed E-state index contributed by atoms with van der Waals surface area (Å²) in [4.78, 5) is 54.9. The van der Waals surface area contributed by atoms with Crippen LogP contribution in [0.3, 0.4) is 0 Å². The molecule has 3 amide bonds. The van der Waals surface area contributed by atoms with Gasteiger partial charge in [0.1, 0.15) is 12.4 Å². The molecule has 43 heavy (non-hydrogen) atoms. The molecular formula is C29H31ClN8O5. The normalized spacial score (nSPS) is 16.2. The third kappa shape index (κ3) is 8.23. The summed E-state index contributed by atoms with van der Waals surface area (Å²) in [5, 5.41) is 26.0. The SMILES string of the molecule is O=C(/C=C/c1cc(Cl)ccc1-n1cnnn1)N[C@@H](CC(=O)N1CCN(CC2CC2)CC1)C(=O)Nc1ccc(C(=O)O)cc1. The quantitative estimate of drug-likeness (QED) is 0.277. The number of hydrogen-bond donors (Lipinski definition) is 3. The van der Waals surface area contributed by atoms with Crippen molar-refractivity contribution in [1.29, 1.82) is 0 Å². The van der Waals surface area contributed by atoms with Gasteiger partial charge in [0.15, 0.2) is 0 Å². The first-order valence-corrected chi connectivity index (χ1v) is 14.3. The molecule has 1 saturated heterocycles. The molecular weight excluding hydrogens is 576 g/mol. The van der Waals surface area contributed by atoms with E-state index in [0.29, 0.717) is 35.1 Å². The number of carbonyl (C=O) groups excluding carboxylic acids is 3. The molecule has 1 aromatic heterocycles. The summed E-state index contributed by atoms with van der Waals surface area (Å²) in [6, 6.07) is 9.41. The van der Waals surface area contributed by atoms with Crippen molar-refractivity contribution in [1.82, 2.24) is 35.3 Å². The summed E-state index contributed by atoms with van der Waals surface area (Å²) < 4.78 is 1.42. The van der Waals surface area contributed by atoms with E-state index in [1.54, 1.807) is 23.1 Å². The van der Waals surface area contributed by atoms with E-state index in [2.05, 4.69) is 31.1 Å². The third-order valence-corrected chi connectivity index (χ3v) is 7.58. The van der Waals surface area contributed by atoms with E-state index < -0.39 is 23.8 Å². The highest BCUT2D eigenvalue weighted by Crippen LogP contribution is 2.30. The van der Waals surface area contributed by atoms with Crippen molar-refractivity contribution in [2.75, 3.05) is 38.0 Å². The van der Waals surface area contributed by atoms with Crippen molar-refractivity contribution in [3.05, 3.63) is 71.0 Å². The summed E-state index contributed by atoms with van der Waals surface area (Å²) in [6.07, 6.45) is 6.44. The molecule has 1 aliphatic carbocycles. The van der Waals surface area contributed by atoms with Crippen molar-refractivity contribution >= 4 is 47.1 Å². The number of amides is 3. The fraction of sp³-hybridized carbons (Fsp3) is 0.345. The molecule has 2 fully saturated rings. The summed E-state index contributed by atoms with van der Waals surface area (Å²) >= 11 is 6.17. The average molecular weight is 607 g/mol. The maximum atomic E-state index is 13.3.